The molecule has 0 aromatic carbocycles. The maximum Gasteiger partial charge on any atom is 0.107 e. The molecule has 0 radical (unpaired) electrons. The van der Waals surface area contributed by atoms with Gasteiger partial charge in [0.1, 0.15) is 5.01 Å². The zero-order valence-corrected chi connectivity index (χ0v) is 13.9. The van der Waals surface area contributed by atoms with Crippen molar-refractivity contribution in [2.75, 3.05) is 33.2 Å². The fourth-order valence-electron chi connectivity index (χ4n) is 2.70. The second kappa shape index (κ2) is 8.08. The lowest BCUT2D eigenvalue weighted by Gasteiger charge is -2.38. The number of hydrogen-bond acceptors (Lipinski definition) is 5. The van der Waals surface area contributed by atoms with Crippen molar-refractivity contribution in [3.05, 3.63) is 16.1 Å². The van der Waals surface area contributed by atoms with E-state index in [-0.39, 0.29) is 0 Å². The van der Waals surface area contributed by atoms with E-state index in [4.69, 9.17) is 4.98 Å². The molecular weight excluding hydrogens is 268 g/mol. The Bertz CT molecular complexity index is 393. The van der Waals surface area contributed by atoms with Gasteiger partial charge in [0.15, 0.2) is 0 Å². The minimum atomic E-state index is 0.702. The first-order valence-corrected chi connectivity index (χ1v) is 8.67. The lowest BCUT2D eigenvalue weighted by Crippen LogP contribution is -2.50. The Hall–Kier alpha value is -0.490. The van der Waals surface area contributed by atoms with E-state index in [2.05, 4.69) is 41.4 Å². The standard InChI is InChI=1S/C15H28N4S/c1-4-6-16-9-15-17-13(12-20-15)10-19-8-7-18(3)14(5-2)11-19/h12,14,16H,4-11H2,1-3H3. The van der Waals surface area contributed by atoms with Crippen LogP contribution in [0.2, 0.25) is 0 Å². The molecule has 0 aliphatic carbocycles. The summed E-state index contributed by atoms with van der Waals surface area (Å²) in [5.74, 6) is 0. The lowest BCUT2D eigenvalue weighted by atomic mass is 10.1. The summed E-state index contributed by atoms with van der Waals surface area (Å²) >= 11 is 1.78. The van der Waals surface area contributed by atoms with Crippen LogP contribution >= 0.6 is 11.3 Å². The van der Waals surface area contributed by atoms with Gasteiger partial charge in [0, 0.05) is 44.1 Å². The predicted molar refractivity (Wildman–Crippen MR) is 86.1 cm³/mol. The number of rotatable bonds is 7. The van der Waals surface area contributed by atoms with Gasteiger partial charge in [0.25, 0.3) is 0 Å². The van der Waals surface area contributed by atoms with Crippen LogP contribution in [-0.2, 0) is 13.1 Å². The van der Waals surface area contributed by atoms with E-state index in [0.717, 1.165) is 26.2 Å². The SMILES string of the molecule is CCCNCc1nc(CN2CCN(C)C(CC)C2)cs1. The Kier molecular flexibility index (Phi) is 6.42. The highest BCUT2D eigenvalue weighted by Gasteiger charge is 2.23. The number of aromatic nitrogens is 1. The highest BCUT2D eigenvalue weighted by molar-refractivity contribution is 7.09. The van der Waals surface area contributed by atoms with Gasteiger partial charge in [-0.05, 0) is 26.4 Å². The van der Waals surface area contributed by atoms with Crippen LogP contribution in [-0.4, -0.2) is 54.1 Å². The number of nitrogens with zero attached hydrogens (tertiary/aromatic N) is 3. The topological polar surface area (TPSA) is 31.4 Å². The van der Waals surface area contributed by atoms with E-state index in [1.54, 1.807) is 11.3 Å². The Morgan fingerprint density at radius 1 is 1.40 bits per heavy atom. The molecule has 20 heavy (non-hydrogen) atoms. The van der Waals surface area contributed by atoms with E-state index in [0.29, 0.717) is 6.04 Å². The van der Waals surface area contributed by atoms with E-state index < -0.39 is 0 Å². The molecule has 0 saturated carbocycles. The summed E-state index contributed by atoms with van der Waals surface area (Å²) in [6.45, 7) is 11.0. The van der Waals surface area contributed by atoms with Gasteiger partial charge in [-0.1, -0.05) is 13.8 Å². The summed E-state index contributed by atoms with van der Waals surface area (Å²) in [5, 5.41) is 6.86. The molecule has 1 aromatic rings. The molecule has 1 unspecified atom stereocenters. The van der Waals surface area contributed by atoms with E-state index >= 15 is 0 Å². The van der Waals surface area contributed by atoms with Crippen molar-refractivity contribution >= 4 is 11.3 Å². The van der Waals surface area contributed by atoms with Crippen LogP contribution in [0.5, 0.6) is 0 Å². The second-order valence-electron chi connectivity index (χ2n) is 5.69. The molecule has 0 spiro atoms. The minimum Gasteiger partial charge on any atom is -0.310 e. The Morgan fingerprint density at radius 3 is 3.00 bits per heavy atom. The predicted octanol–water partition coefficient (Wildman–Crippen LogP) is 2.17. The minimum absolute atomic E-state index is 0.702. The number of likely N-dealkylation sites (N-methyl/N-ethyl adjacent to an activating group) is 1. The van der Waals surface area contributed by atoms with Crippen molar-refractivity contribution in [1.29, 1.82) is 0 Å². The van der Waals surface area contributed by atoms with Crippen LogP contribution in [0.25, 0.3) is 0 Å². The van der Waals surface area contributed by atoms with Crippen molar-refractivity contribution in [2.45, 2.75) is 45.8 Å². The fourth-order valence-corrected chi connectivity index (χ4v) is 3.45. The van der Waals surface area contributed by atoms with E-state index in [1.807, 2.05) is 0 Å². The highest BCUT2D eigenvalue weighted by Crippen LogP contribution is 2.16. The fraction of sp³-hybridized carbons (Fsp3) is 0.800. The average molecular weight is 296 g/mol. The first-order chi connectivity index (χ1) is 9.72. The van der Waals surface area contributed by atoms with Crippen LogP contribution in [0.15, 0.2) is 5.38 Å². The third kappa shape index (κ3) is 4.52. The van der Waals surface area contributed by atoms with Gasteiger partial charge >= 0.3 is 0 Å². The lowest BCUT2D eigenvalue weighted by molar-refractivity contribution is 0.0876. The summed E-state index contributed by atoms with van der Waals surface area (Å²) < 4.78 is 0. The molecule has 1 fully saturated rings. The largest absolute Gasteiger partial charge is 0.310 e. The molecule has 5 heteroatoms. The molecule has 1 N–H and O–H groups in total. The van der Waals surface area contributed by atoms with Crippen LogP contribution in [0.1, 0.15) is 37.4 Å². The van der Waals surface area contributed by atoms with Gasteiger partial charge < -0.3 is 10.2 Å². The zero-order valence-electron chi connectivity index (χ0n) is 13.1. The molecule has 1 aromatic heterocycles. The molecule has 1 atom stereocenters. The second-order valence-corrected chi connectivity index (χ2v) is 6.63. The Balaban J connectivity index is 1.81. The maximum atomic E-state index is 4.75. The van der Waals surface area contributed by atoms with E-state index in [9.17, 15) is 0 Å². The summed E-state index contributed by atoms with van der Waals surface area (Å²) in [4.78, 5) is 9.78. The van der Waals surface area contributed by atoms with Gasteiger partial charge in [0.05, 0.1) is 5.69 Å². The maximum absolute atomic E-state index is 4.75. The van der Waals surface area contributed by atoms with Crippen molar-refractivity contribution in [3.8, 4) is 0 Å². The number of thiazole rings is 1. The summed E-state index contributed by atoms with van der Waals surface area (Å²) in [6, 6.07) is 0.702. The first kappa shape index (κ1) is 15.9. The van der Waals surface area contributed by atoms with Crippen molar-refractivity contribution in [1.82, 2.24) is 20.1 Å². The summed E-state index contributed by atoms with van der Waals surface area (Å²) in [5.41, 5.74) is 1.24. The average Bonchev–Trinajstić information content (AvgIpc) is 2.89. The summed E-state index contributed by atoms with van der Waals surface area (Å²) in [6.07, 6.45) is 2.41. The smallest absolute Gasteiger partial charge is 0.107 e. The molecule has 0 amide bonds. The molecule has 1 aliphatic rings. The van der Waals surface area contributed by atoms with Crippen molar-refractivity contribution < 1.29 is 0 Å². The molecule has 0 bridgehead atoms. The molecule has 114 valence electrons. The van der Waals surface area contributed by atoms with E-state index in [1.165, 1.54) is 36.6 Å². The third-order valence-electron chi connectivity index (χ3n) is 4.02. The van der Waals surface area contributed by atoms with Gasteiger partial charge in [-0.15, -0.1) is 11.3 Å². The van der Waals surface area contributed by atoms with Crippen LogP contribution < -0.4 is 5.32 Å². The summed E-state index contributed by atoms with van der Waals surface area (Å²) in [7, 11) is 2.24. The molecule has 1 saturated heterocycles. The van der Waals surface area contributed by atoms with Crippen LogP contribution in [0, 0.1) is 0 Å². The number of nitrogens with one attached hydrogen (secondary N) is 1. The Morgan fingerprint density at radius 2 is 2.25 bits per heavy atom. The first-order valence-electron chi connectivity index (χ1n) is 7.79. The quantitative estimate of drug-likeness (QED) is 0.782. The normalized spacial score (nSPS) is 21.4. The van der Waals surface area contributed by atoms with Gasteiger partial charge in [-0.2, -0.15) is 0 Å². The zero-order chi connectivity index (χ0) is 14.4. The number of piperazine rings is 1. The molecular formula is C15H28N4S. The van der Waals surface area contributed by atoms with Gasteiger partial charge in [-0.3, -0.25) is 4.90 Å². The molecule has 1 aliphatic heterocycles. The highest BCUT2D eigenvalue weighted by atomic mass is 32.1. The Labute approximate surface area is 127 Å². The molecule has 2 rings (SSSR count). The molecule has 4 nitrogen and oxygen atoms in total. The van der Waals surface area contributed by atoms with Crippen molar-refractivity contribution in [3.63, 3.8) is 0 Å². The van der Waals surface area contributed by atoms with Crippen molar-refractivity contribution in [2.24, 2.45) is 0 Å². The number of hydrogen-bond donors (Lipinski definition) is 1. The monoisotopic (exact) mass is 296 g/mol. The van der Waals surface area contributed by atoms with Crippen LogP contribution in [0.4, 0.5) is 0 Å². The third-order valence-corrected chi connectivity index (χ3v) is 4.92. The van der Waals surface area contributed by atoms with Crippen LogP contribution in [0.3, 0.4) is 0 Å². The van der Waals surface area contributed by atoms with Gasteiger partial charge in [-0.25, -0.2) is 4.98 Å². The van der Waals surface area contributed by atoms with Gasteiger partial charge in [0.2, 0.25) is 0 Å². The molecule has 2 heterocycles.